The van der Waals surface area contributed by atoms with Crippen LogP contribution < -0.4 is 10.2 Å². The minimum Gasteiger partial charge on any atom is -0.444 e. The van der Waals surface area contributed by atoms with Crippen LogP contribution in [-0.4, -0.2) is 30.7 Å². The summed E-state index contributed by atoms with van der Waals surface area (Å²) in [7, 11) is 0. The number of nitrogens with zero attached hydrogens (tertiary/aromatic N) is 1. The van der Waals surface area contributed by atoms with E-state index in [1.807, 2.05) is 0 Å². The van der Waals surface area contributed by atoms with Crippen molar-refractivity contribution >= 4 is 17.7 Å². The van der Waals surface area contributed by atoms with Gasteiger partial charge in [-0.2, -0.15) is 0 Å². The fraction of sp³-hybridized carbons (Fsp3) is 0.467. The van der Waals surface area contributed by atoms with Gasteiger partial charge < -0.3 is 15.0 Å². The quantitative estimate of drug-likeness (QED) is 0.929. The molecule has 22 heavy (non-hydrogen) atoms. The van der Waals surface area contributed by atoms with Gasteiger partial charge in [-0.1, -0.05) is 0 Å². The molecule has 0 fully saturated rings. The SMILES string of the molecule is CC(=O)N(CCNC(=O)OC(C)(C)C)c1ccc(F)cc1F. The first-order valence-corrected chi connectivity index (χ1v) is 6.80. The van der Waals surface area contributed by atoms with Crippen LogP contribution in [0.4, 0.5) is 19.3 Å². The van der Waals surface area contributed by atoms with Crippen LogP contribution in [0.5, 0.6) is 0 Å². The summed E-state index contributed by atoms with van der Waals surface area (Å²) in [6, 6.07) is 2.95. The average molecular weight is 314 g/mol. The average Bonchev–Trinajstić information content (AvgIpc) is 2.33. The standard InChI is InChI=1S/C15H20F2N2O3/c1-10(20)19(13-6-5-11(16)9-12(13)17)8-7-18-14(21)22-15(2,3)4/h5-6,9H,7-8H2,1-4H3,(H,18,21). The molecule has 2 amide bonds. The Labute approximate surface area is 128 Å². The van der Waals surface area contributed by atoms with Crippen LogP contribution in [0, 0.1) is 11.6 Å². The van der Waals surface area contributed by atoms with Crippen molar-refractivity contribution in [2.45, 2.75) is 33.3 Å². The molecule has 0 aliphatic rings. The smallest absolute Gasteiger partial charge is 0.407 e. The van der Waals surface area contributed by atoms with Gasteiger partial charge in [0.25, 0.3) is 0 Å². The van der Waals surface area contributed by atoms with Gasteiger partial charge in [-0.05, 0) is 32.9 Å². The van der Waals surface area contributed by atoms with Gasteiger partial charge in [0, 0.05) is 26.1 Å². The van der Waals surface area contributed by atoms with E-state index in [2.05, 4.69) is 5.32 Å². The molecule has 0 aromatic heterocycles. The Balaban J connectivity index is 2.67. The van der Waals surface area contributed by atoms with E-state index in [1.165, 1.54) is 13.0 Å². The summed E-state index contributed by atoms with van der Waals surface area (Å²) in [5.41, 5.74) is -0.673. The van der Waals surface area contributed by atoms with Crippen LogP contribution in [0.1, 0.15) is 27.7 Å². The highest BCUT2D eigenvalue weighted by molar-refractivity contribution is 5.91. The van der Waals surface area contributed by atoms with Gasteiger partial charge in [0.2, 0.25) is 5.91 Å². The summed E-state index contributed by atoms with van der Waals surface area (Å²) in [6.07, 6.45) is -0.629. The van der Waals surface area contributed by atoms with Crippen LogP contribution in [0.15, 0.2) is 18.2 Å². The second-order valence-corrected chi connectivity index (χ2v) is 5.70. The van der Waals surface area contributed by atoms with Crippen molar-refractivity contribution in [2.75, 3.05) is 18.0 Å². The first-order valence-electron chi connectivity index (χ1n) is 6.80. The lowest BCUT2D eigenvalue weighted by molar-refractivity contribution is -0.116. The lowest BCUT2D eigenvalue weighted by Gasteiger charge is -2.23. The van der Waals surface area contributed by atoms with Crippen molar-refractivity contribution in [2.24, 2.45) is 0 Å². The van der Waals surface area contributed by atoms with Crippen molar-refractivity contribution in [1.82, 2.24) is 5.32 Å². The molecule has 1 aromatic rings. The van der Waals surface area contributed by atoms with E-state index in [-0.39, 0.29) is 18.8 Å². The molecule has 7 heteroatoms. The van der Waals surface area contributed by atoms with E-state index in [4.69, 9.17) is 4.74 Å². The number of ether oxygens (including phenoxy) is 1. The Bertz CT molecular complexity index is 556. The number of halogens is 2. The Morgan fingerprint density at radius 2 is 1.91 bits per heavy atom. The predicted molar refractivity (Wildman–Crippen MR) is 78.6 cm³/mol. The normalized spacial score (nSPS) is 11.0. The first kappa shape index (κ1) is 17.9. The van der Waals surface area contributed by atoms with E-state index in [0.29, 0.717) is 6.07 Å². The van der Waals surface area contributed by atoms with Crippen molar-refractivity contribution in [1.29, 1.82) is 0 Å². The highest BCUT2D eigenvalue weighted by Gasteiger charge is 2.18. The molecule has 0 spiro atoms. The first-order chi connectivity index (χ1) is 10.1. The molecule has 0 radical (unpaired) electrons. The lowest BCUT2D eigenvalue weighted by Crippen LogP contribution is -2.40. The highest BCUT2D eigenvalue weighted by Crippen LogP contribution is 2.20. The number of carbonyl (C=O) groups is 2. The topological polar surface area (TPSA) is 58.6 Å². The van der Waals surface area contributed by atoms with Gasteiger partial charge >= 0.3 is 6.09 Å². The molecule has 0 saturated heterocycles. The predicted octanol–water partition coefficient (Wildman–Crippen LogP) is 2.84. The molecule has 1 N–H and O–H groups in total. The highest BCUT2D eigenvalue weighted by atomic mass is 19.1. The van der Waals surface area contributed by atoms with Gasteiger partial charge in [0.15, 0.2) is 0 Å². The summed E-state index contributed by atoms with van der Waals surface area (Å²) < 4.78 is 31.7. The van der Waals surface area contributed by atoms with Gasteiger partial charge in [0.1, 0.15) is 17.2 Å². The summed E-state index contributed by atoms with van der Waals surface area (Å²) in [5.74, 6) is -1.99. The van der Waals surface area contributed by atoms with Crippen LogP contribution in [0.3, 0.4) is 0 Å². The van der Waals surface area contributed by atoms with Crippen LogP contribution >= 0.6 is 0 Å². The number of hydrogen-bond donors (Lipinski definition) is 1. The van der Waals surface area contributed by atoms with E-state index in [0.717, 1.165) is 11.0 Å². The molecule has 5 nitrogen and oxygen atoms in total. The van der Waals surface area contributed by atoms with E-state index < -0.39 is 29.2 Å². The molecular formula is C15H20F2N2O3. The van der Waals surface area contributed by atoms with E-state index in [9.17, 15) is 18.4 Å². The number of amides is 2. The number of benzene rings is 1. The number of alkyl carbamates (subject to hydrolysis) is 1. The molecular weight excluding hydrogens is 294 g/mol. The molecule has 1 rings (SSSR count). The zero-order valence-corrected chi connectivity index (χ0v) is 13.1. The minimum atomic E-state index is -0.840. The molecule has 0 saturated carbocycles. The molecule has 0 unspecified atom stereocenters. The lowest BCUT2D eigenvalue weighted by atomic mass is 10.2. The zero-order chi connectivity index (χ0) is 16.9. The summed E-state index contributed by atoms with van der Waals surface area (Å²) in [6.45, 7) is 6.55. The molecule has 0 atom stereocenters. The monoisotopic (exact) mass is 314 g/mol. The summed E-state index contributed by atoms with van der Waals surface area (Å²) in [4.78, 5) is 24.2. The Kier molecular flexibility index (Phi) is 5.84. The van der Waals surface area contributed by atoms with Gasteiger partial charge in [-0.25, -0.2) is 13.6 Å². The maximum Gasteiger partial charge on any atom is 0.407 e. The van der Waals surface area contributed by atoms with Crippen molar-refractivity contribution in [3.63, 3.8) is 0 Å². The Morgan fingerprint density at radius 3 is 2.41 bits per heavy atom. The Hall–Kier alpha value is -2.18. The van der Waals surface area contributed by atoms with Gasteiger partial charge in [-0.3, -0.25) is 4.79 Å². The molecule has 0 aliphatic heterocycles. The minimum absolute atomic E-state index is 0.0388. The van der Waals surface area contributed by atoms with E-state index in [1.54, 1.807) is 20.8 Å². The summed E-state index contributed by atoms with van der Waals surface area (Å²) >= 11 is 0. The molecule has 0 aliphatic carbocycles. The van der Waals surface area contributed by atoms with Crippen LogP contribution in [-0.2, 0) is 9.53 Å². The number of rotatable bonds is 4. The van der Waals surface area contributed by atoms with Crippen molar-refractivity contribution < 1.29 is 23.1 Å². The second-order valence-electron chi connectivity index (χ2n) is 5.70. The summed E-state index contributed by atoms with van der Waals surface area (Å²) in [5, 5.41) is 2.47. The second kappa shape index (κ2) is 7.20. The number of carbonyl (C=O) groups excluding carboxylic acids is 2. The fourth-order valence-electron chi connectivity index (χ4n) is 1.73. The molecule has 1 aromatic carbocycles. The fourth-order valence-corrected chi connectivity index (χ4v) is 1.73. The maximum atomic E-state index is 13.7. The zero-order valence-electron chi connectivity index (χ0n) is 13.1. The van der Waals surface area contributed by atoms with E-state index >= 15 is 0 Å². The van der Waals surface area contributed by atoms with Gasteiger partial charge in [0.05, 0.1) is 5.69 Å². The molecule has 0 heterocycles. The maximum absolute atomic E-state index is 13.7. The molecule has 122 valence electrons. The number of anilines is 1. The molecule has 0 bridgehead atoms. The van der Waals surface area contributed by atoms with Crippen LogP contribution in [0.2, 0.25) is 0 Å². The Morgan fingerprint density at radius 1 is 1.27 bits per heavy atom. The number of hydrogen-bond acceptors (Lipinski definition) is 3. The number of nitrogens with one attached hydrogen (secondary N) is 1. The van der Waals surface area contributed by atoms with Gasteiger partial charge in [-0.15, -0.1) is 0 Å². The third kappa shape index (κ3) is 5.67. The third-order valence-corrected chi connectivity index (χ3v) is 2.58. The van der Waals surface area contributed by atoms with Crippen molar-refractivity contribution in [3.8, 4) is 0 Å². The largest absolute Gasteiger partial charge is 0.444 e. The van der Waals surface area contributed by atoms with Crippen molar-refractivity contribution in [3.05, 3.63) is 29.8 Å². The van der Waals surface area contributed by atoms with Crippen LogP contribution in [0.25, 0.3) is 0 Å². The third-order valence-electron chi connectivity index (χ3n) is 2.58.